The van der Waals surface area contributed by atoms with Gasteiger partial charge >= 0.3 is 0 Å². The van der Waals surface area contributed by atoms with Crippen molar-refractivity contribution in [2.24, 2.45) is 5.73 Å². The van der Waals surface area contributed by atoms with Gasteiger partial charge in [-0.15, -0.1) is 0 Å². The molecule has 1 aliphatic rings. The molecule has 2 aromatic rings. The van der Waals surface area contributed by atoms with Gasteiger partial charge in [-0.1, -0.05) is 17.8 Å². The first kappa shape index (κ1) is 14.2. The molecule has 0 amide bonds. The van der Waals surface area contributed by atoms with Crippen molar-refractivity contribution in [3.63, 3.8) is 0 Å². The second-order valence-electron chi connectivity index (χ2n) is 4.68. The number of rotatable bonds is 3. The standard InChI is InChI=1S/C16H16FNO2S/c17-13-3-1-4-16(12(13)10-18)21-11-5-6-14-15(9-11)20-8-2-7-19-14/h1,3-6,9H,2,7-8,10,18H2. The number of fused-ring (bicyclic) bond motifs is 1. The van der Waals surface area contributed by atoms with Gasteiger partial charge in [0.15, 0.2) is 11.5 Å². The average Bonchev–Trinajstić information content (AvgIpc) is 2.72. The molecule has 0 aliphatic carbocycles. The molecule has 3 rings (SSSR count). The zero-order chi connectivity index (χ0) is 14.7. The van der Waals surface area contributed by atoms with Crippen molar-refractivity contribution in [3.8, 4) is 11.5 Å². The van der Waals surface area contributed by atoms with Crippen LogP contribution in [0.5, 0.6) is 11.5 Å². The van der Waals surface area contributed by atoms with Crippen LogP contribution < -0.4 is 15.2 Å². The van der Waals surface area contributed by atoms with Crippen molar-refractivity contribution in [3.05, 3.63) is 47.8 Å². The lowest BCUT2D eigenvalue weighted by Crippen LogP contribution is -2.01. The fourth-order valence-electron chi connectivity index (χ4n) is 2.17. The van der Waals surface area contributed by atoms with Crippen LogP contribution in [0.1, 0.15) is 12.0 Å². The van der Waals surface area contributed by atoms with E-state index < -0.39 is 0 Å². The Morgan fingerprint density at radius 3 is 2.71 bits per heavy atom. The van der Waals surface area contributed by atoms with Crippen LogP contribution in [0.15, 0.2) is 46.2 Å². The first-order valence-corrected chi connectivity index (χ1v) is 7.64. The molecule has 0 fully saturated rings. The van der Waals surface area contributed by atoms with Gasteiger partial charge in [-0.3, -0.25) is 0 Å². The molecule has 2 N–H and O–H groups in total. The minimum atomic E-state index is -0.267. The largest absolute Gasteiger partial charge is 0.490 e. The number of nitrogens with two attached hydrogens (primary N) is 1. The van der Waals surface area contributed by atoms with Gasteiger partial charge in [-0.2, -0.15) is 0 Å². The molecule has 0 radical (unpaired) electrons. The third-order valence-corrected chi connectivity index (χ3v) is 4.32. The van der Waals surface area contributed by atoms with Gasteiger partial charge in [0.1, 0.15) is 5.82 Å². The van der Waals surface area contributed by atoms with Crippen LogP contribution in [0, 0.1) is 5.82 Å². The summed E-state index contributed by atoms with van der Waals surface area (Å²) in [7, 11) is 0. The third-order valence-electron chi connectivity index (χ3n) is 3.23. The molecule has 0 bridgehead atoms. The molecule has 110 valence electrons. The Morgan fingerprint density at radius 2 is 1.90 bits per heavy atom. The minimum absolute atomic E-state index is 0.180. The SMILES string of the molecule is NCc1c(F)cccc1Sc1ccc2c(c1)OCCCO2. The predicted molar refractivity (Wildman–Crippen MR) is 80.5 cm³/mol. The van der Waals surface area contributed by atoms with Crippen molar-refractivity contribution in [2.75, 3.05) is 13.2 Å². The van der Waals surface area contributed by atoms with Crippen LogP contribution in [0.25, 0.3) is 0 Å². The highest BCUT2D eigenvalue weighted by atomic mass is 32.2. The van der Waals surface area contributed by atoms with Crippen LogP contribution in [-0.2, 0) is 6.54 Å². The zero-order valence-electron chi connectivity index (χ0n) is 11.5. The summed E-state index contributed by atoms with van der Waals surface area (Å²) in [4.78, 5) is 1.80. The smallest absolute Gasteiger partial charge is 0.162 e. The second-order valence-corrected chi connectivity index (χ2v) is 5.80. The molecule has 0 atom stereocenters. The van der Waals surface area contributed by atoms with Crippen LogP contribution in [0.2, 0.25) is 0 Å². The summed E-state index contributed by atoms with van der Waals surface area (Å²) in [6.07, 6.45) is 0.873. The summed E-state index contributed by atoms with van der Waals surface area (Å²) in [5, 5.41) is 0. The van der Waals surface area contributed by atoms with E-state index in [4.69, 9.17) is 15.2 Å². The highest BCUT2D eigenvalue weighted by Crippen LogP contribution is 2.37. The number of hydrogen-bond donors (Lipinski definition) is 1. The second kappa shape index (κ2) is 6.37. The van der Waals surface area contributed by atoms with Crippen LogP contribution >= 0.6 is 11.8 Å². The Balaban J connectivity index is 1.89. The first-order valence-electron chi connectivity index (χ1n) is 6.83. The summed E-state index contributed by atoms with van der Waals surface area (Å²) in [6, 6.07) is 10.8. The van der Waals surface area contributed by atoms with Crippen molar-refractivity contribution < 1.29 is 13.9 Å². The lowest BCUT2D eigenvalue weighted by molar-refractivity contribution is 0.297. The highest BCUT2D eigenvalue weighted by molar-refractivity contribution is 7.99. The van der Waals surface area contributed by atoms with E-state index in [2.05, 4.69) is 0 Å². The minimum Gasteiger partial charge on any atom is -0.490 e. The maximum Gasteiger partial charge on any atom is 0.162 e. The van der Waals surface area contributed by atoms with Gasteiger partial charge in [0.05, 0.1) is 13.2 Å². The van der Waals surface area contributed by atoms with Gasteiger partial charge in [0.2, 0.25) is 0 Å². The maximum absolute atomic E-state index is 13.7. The van der Waals surface area contributed by atoms with Crippen molar-refractivity contribution in [1.29, 1.82) is 0 Å². The van der Waals surface area contributed by atoms with Gasteiger partial charge in [0.25, 0.3) is 0 Å². The molecular weight excluding hydrogens is 289 g/mol. The number of benzene rings is 2. The number of halogens is 1. The van der Waals surface area contributed by atoms with E-state index in [0.29, 0.717) is 18.8 Å². The van der Waals surface area contributed by atoms with E-state index >= 15 is 0 Å². The van der Waals surface area contributed by atoms with E-state index in [0.717, 1.165) is 27.7 Å². The molecule has 1 heterocycles. The van der Waals surface area contributed by atoms with Gasteiger partial charge in [-0.05, 0) is 30.3 Å². The van der Waals surface area contributed by atoms with Crippen molar-refractivity contribution >= 4 is 11.8 Å². The van der Waals surface area contributed by atoms with E-state index in [9.17, 15) is 4.39 Å². The first-order chi connectivity index (χ1) is 10.3. The maximum atomic E-state index is 13.7. The lowest BCUT2D eigenvalue weighted by atomic mass is 10.2. The summed E-state index contributed by atoms with van der Waals surface area (Å²) >= 11 is 1.48. The van der Waals surface area contributed by atoms with Crippen LogP contribution in [0.3, 0.4) is 0 Å². The van der Waals surface area contributed by atoms with Gasteiger partial charge in [-0.25, -0.2) is 4.39 Å². The molecule has 0 spiro atoms. The monoisotopic (exact) mass is 305 g/mol. The molecule has 0 saturated carbocycles. The van der Waals surface area contributed by atoms with Gasteiger partial charge < -0.3 is 15.2 Å². The quantitative estimate of drug-likeness (QED) is 0.941. The highest BCUT2D eigenvalue weighted by Gasteiger charge is 2.13. The Bertz CT molecular complexity index is 648. The summed E-state index contributed by atoms with van der Waals surface area (Å²) < 4.78 is 25.0. The van der Waals surface area contributed by atoms with E-state index in [1.807, 2.05) is 24.3 Å². The Kier molecular flexibility index (Phi) is 4.31. The number of ether oxygens (including phenoxy) is 2. The predicted octanol–water partition coefficient (Wildman–Crippen LogP) is 3.60. The molecule has 0 aromatic heterocycles. The van der Waals surface area contributed by atoms with Crippen LogP contribution in [0.4, 0.5) is 4.39 Å². The summed E-state index contributed by atoms with van der Waals surface area (Å²) in [5.74, 6) is 1.23. The van der Waals surface area contributed by atoms with Crippen LogP contribution in [-0.4, -0.2) is 13.2 Å². The third kappa shape index (κ3) is 3.14. The lowest BCUT2D eigenvalue weighted by Gasteiger charge is -2.11. The fraction of sp³-hybridized carbons (Fsp3) is 0.250. The molecule has 21 heavy (non-hydrogen) atoms. The summed E-state index contributed by atoms with van der Waals surface area (Å²) in [6.45, 7) is 1.50. The molecular formula is C16H16FNO2S. The Morgan fingerprint density at radius 1 is 1.10 bits per heavy atom. The zero-order valence-corrected chi connectivity index (χ0v) is 12.3. The summed E-state index contributed by atoms with van der Waals surface area (Å²) in [5.41, 5.74) is 6.18. The van der Waals surface area contributed by atoms with E-state index in [-0.39, 0.29) is 12.4 Å². The van der Waals surface area contributed by atoms with E-state index in [1.54, 1.807) is 6.07 Å². The fourth-order valence-corrected chi connectivity index (χ4v) is 3.17. The van der Waals surface area contributed by atoms with E-state index in [1.165, 1.54) is 17.8 Å². The molecule has 0 unspecified atom stereocenters. The van der Waals surface area contributed by atoms with Crippen molar-refractivity contribution in [2.45, 2.75) is 22.8 Å². The Labute approximate surface area is 127 Å². The van der Waals surface area contributed by atoms with Gasteiger partial charge in [0, 0.05) is 28.3 Å². The topological polar surface area (TPSA) is 44.5 Å². The normalized spacial score (nSPS) is 13.8. The molecule has 5 heteroatoms. The molecule has 3 nitrogen and oxygen atoms in total. The number of hydrogen-bond acceptors (Lipinski definition) is 4. The molecule has 0 saturated heterocycles. The average molecular weight is 305 g/mol. The molecule has 2 aromatic carbocycles. The van der Waals surface area contributed by atoms with Crippen molar-refractivity contribution in [1.82, 2.24) is 0 Å². The Hall–Kier alpha value is -1.72. The molecule has 1 aliphatic heterocycles.